The molecule has 1 saturated heterocycles. The molecule has 2 fully saturated rings. The minimum absolute atomic E-state index is 0. The van der Waals surface area contributed by atoms with Gasteiger partial charge in [0.25, 0.3) is 0 Å². The van der Waals surface area contributed by atoms with Crippen LogP contribution in [0.2, 0.25) is 0 Å². The fourth-order valence-corrected chi connectivity index (χ4v) is 2.13. The van der Waals surface area contributed by atoms with Gasteiger partial charge in [-0.3, -0.25) is 0 Å². The van der Waals surface area contributed by atoms with E-state index in [4.69, 9.17) is 9.47 Å². The molecule has 0 aromatic rings. The van der Waals surface area contributed by atoms with Crippen LogP contribution in [0.5, 0.6) is 0 Å². The maximum atomic E-state index is 12.8. The molecule has 2 aliphatic rings. The molecule has 0 aromatic carbocycles. The molecule has 1 aliphatic heterocycles. The first kappa shape index (κ1) is 11.9. The molecule has 2 nitrogen and oxygen atoms in total. The molecule has 3 heteroatoms. The Morgan fingerprint density at radius 3 is 2.07 bits per heavy atom. The Balaban J connectivity index is 0.000000980. The van der Waals surface area contributed by atoms with Gasteiger partial charge in [-0.25, -0.2) is 4.39 Å². The summed E-state index contributed by atoms with van der Waals surface area (Å²) in [4.78, 5) is 0. The second kappa shape index (κ2) is 5.66. The van der Waals surface area contributed by atoms with Crippen molar-refractivity contribution in [1.29, 1.82) is 0 Å². The van der Waals surface area contributed by atoms with Crippen LogP contribution in [0.4, 0.5) is 4.39 Å². The molecule has 0 spiro atoms. The third-order valence-electron chi connectivity index (χ3n) is 2.94. The van der Waals surface area contributed by atoms with Crippen LogP contribution in [0.15, 0.2) is 0 Å². The third-order valence-corrected chi connectivity index (χ3v) is 2.94. The van der Waals surface area contributed by atoms with Crippen molar-refractivity contribution < 1.29 is 13.9 Å². The molecule has 2 rings (SSSR count). The molecular formula is C11H21FO2. The van der Waals surface area contributed by atoms with E-state index in [9.17, 15) is 4.39 Å². The van der Waals surface area contributed by atoms with Gasteiger partial charge in [-0.05, 0) is 32.1 Å². The first-order valence-corrected chi connectivity index (χ1v) is 5.23. The SMILES string of the molecule is C.FC1CCC(C2OCCCO2)CC1. The number of ether oxygens (including phenoxy) is 2. The van der Waals surface area contributed by atoms with E-state index in [0.717, 1.165) is 32.5 Å². The van der Waals surface area contributed by atoms with Crippen molar-refractivity contribution in [2.45, 2.75) is 52.0 Å². The van der Waals surface area contributed by atoms with E-state index in [2.05, 4.69) is 0 Å². The summed E-state index contributed by atoms with van der Waals surface area (Å²) in [7, 11) is 0. The van der Waals surface area contributed by atoms with Crippen molar-refractivity contribution >= 4 is 0 Å². The van der Waals surface area contributed by atoms with Crippen LogP contribution >= 0.6 is 0 Å². The molecule has 1 aliphatic carbocycles. The largest absolute Gasteiger partial charge is 0.352 e. The zero-order valence-corrected chi connectivity index (χ0v) is 7.88. The van der Waals surface area contributed by atoms with Crippen molar-refractivity contribution in [3.8, 4) is 0 Å². The van der Waals surface area contributed by atoms with Gasteiger partial charge >= 0.3 is 0 Å². The summed E-state index contributed by atoms with van der Waals surface area (Å²) in [5.41, 5.74) is 0. The lowest BCUT2D eigenvalue weighted by atomic mass is 9.87. The molecule has 1 saturated carbocycles. The minimum atomic E-state index is -0.583. The molecule has 0 radical (unpaired) electrons. The molecule has 0 aromatic heterocycles. The van der Waals surface area contributed by atoms with Crippen LogP contribution < -0.4 is 0 Å². The van der Waals surface area contributed by atoms with Gasteiger partial charge in [0.05, 0.1) is 13.2 Å². The van der Waals surface area contributed by atoms with Gasteiger partial charge < -0.3 is 9.47 Å². The summed E-state index contributed by atoms with van der Waals surface area (Å²) in [6.07, 6.45) is 3.59. The van der Waals surface area contributed by atoms with Gasteiger partial charge in [0.15, 0.2) is 6.29 Å². The Hall–Kier alpha value is -0.150. The Labute approximate surface area is 85.8 Å². The maximum Gasteiger partial charge on any atom is 0.160 e. The molecule has 0 amide bonds. The van der Waals surface area contributed by atoms with E-state index in [0.29, 0.717) is 18.8 Å². The fourth-order valence-electron chi connectivity index (χ4n) is 2.13. The van der Waals surface area contributed by atoms with Gasteiger partial charge in [0.2, 0.25) is 0 Å². The fraction of sp³-hybridized carbons (Fsp3) is 1.00. The van der Waals surface area contributed by atoms with Crippen molar-refractivity contribution in [3.63, 3.8) is 0 Å². The zero-order valence-electron chi connectivity index (χ0n) is 7.88. The summed E-state index contributed by atoms with van der Waals surface area (Å²) in [6, 6.07) is 0. The number of alkyl halides is 1. The molecule has 1 heterocycles. The van der Waals surface area contributed by atoms with E-state index < -0.39 is 6.17 Å². The Morgan fingerprint density at radius 2 is 1.50 bits per heavy atom. The van der Waals surface area contributed by atoms with Crippen LogP contribution in [0.25, 0.3) is 0 Å². The van der Waals surface area contributed by atoms with Crippen LogP contribution in [0.3, 0.4) is 0 Å². The minimum Gasteiger partial charge on any atom is -0.352 e. The zero-order chi connectivity index (χ0) is 9.10. The topological polar surface area (TPSA) is 18.5 Å². The summed E-state index contributed by atoms with van der Waals surface area (Å²) in [6.45, 7) is 1.61. The summed E-state index contributed by atoms with van der Waals surface area (Å²) in [5.74, 6) is 0.437. The van der Waals surface area contributed by atoms with Gasteiger partial charge in [-0.2, -0.15) is 0 Å². The van der Waals surface area contributed by atoms with Crippen LogP contribution in [0.1, 0.15) is 39.5 Å². The highest BCUT2D eigenvalue weighted by Gasteiger charge is 2.29. The molecule has 0 bridgehead atoms. The quantitative estimate of drug-likeness (QED) is 0.654. The Morgan fingerprint density at radius 1 is 0.929 bits per heavy atom. The summed E-state index contributed by atoms with van der Waals surface area (Å²) >= 11 is 0. The predicted molar refractivity (Wildman–Crippen MR) is 53.9 cm³/mol. The third kappa shape index (κ3) is 2.92. The van der Waals surface area contributed by atoms with Gasteiger partial charge in [0.1, 0.15) is 6.17 Å². The molecule has 0 N–H and O–H groups in total. The second-order valence-corrected chi connectivity index (χ2v) is 3.98. The van der Waals surface area contributed by atoms with E-state index >= 15 is 0 Å². The van der Waals surface area contributed by atoms with Crippen molar-refractivity contribution in [2.75, 3.05) is 13.2 Å². The van der Waals surface area contributed by atoms with Crippen molar-refractivity contribution in [3.05, 3.63) is 0 Å². The first-order chi connectivity index (χ1) is 6.36. The van der Waals surface area contributed by atoms with Crippen LogP contribution in [0, 0.1) is 5.92 Å². The van der Waals surface area contributed by atoms with Gasteiger partial charge in [-0.1, -0.05) is 7.43 Å². The van der Waals surface area contributed by atoms with Gasteiger partial charge in [-0.15, -0.1) is 0 Å². The van der Waals surface area contributed by atoms with E-state index in [-0.39, 0.29) is 13.7 Å². The maximum absolute atomic E-state index is 12.8. The molecule has 0 atom stereocenters. The number of rotatable bonds is 1. The number of halogens is 1. The summed E-state index contributed by atoms with van der Waals surface area (Å²) in [5, 5.41) is 0. The molecule has 14 heavy (non-hydrogen) atoms. The highest BCUT2D eigenvalue weighted by molar-refractivity contribution is 4.75. The monoisotopic (exact) mass is 204 g/mol. The van der Waals surface area contributed by atoms with E-state index in [1.807, 2.05) is 0 Å². The standard InChI is InChI=1S/C10H17FO2.CH4/c11-9-4-2-8(3-5-9)10-12-6-1-7-13-10;/h8-10H,1-7H2;1H4. The van der Waals surface area contributed by atoms with Crippen molar-refractivity contribution in [1.82, 2.24) is 0 Å². The lowest BCUT2D eigenvalue weighted by Crippen LogP contribution is -2.34. The normalized spacial score (nSPS) is 34.9. The van der Waals surface area contributed by atoms with E-state index in [1.165, 1.54) is 0 Å². The highest BCUT2D eigenvalue weighted by atomic mass is 19.1. The lowest BCUT2D eigenvalue weighted by molar-refractivity contribution is -0.210. The highest BCUT2D eigenvalue weighted by Crippen LogP contribution is 2.31. The predicted octanol–water partition coefficient (Wildman–Crippen LogP) is 2.91. The number of hydrogen-bond donors (Lipinski definition) is 0. The smallest absolute Gasteiger partial charge is 0.160 e. The van der Waals surface area contributed by atoms with Crippen molar-refractivity contribution in [2.24, 2.45) is 5.92 Å². The average molecular weight is 204 g/mol. The summed E-state index contributed by atoms with van der Waals surface area (Å²) < 4.78 is 23.9. The Kier molecular flexibility index (Phi) is 4.82. The average Bonchev–Trinajstić information content (AvgIpc) is 2.20. The molecule has 84 valence electrons. The Bertz CT molecular complexity index is 149. The van der Waals surface area contributed by atoms with Gasteiger partial charge in [0, 0.05) is 5.92 Å². The lowest BCUT2D eigenvalue weighted by Gasteiger charge is -2.33. The number of hydrogen-bond acceptors (Lipinski definition) is 2. The first-order valence-electron chi connectivity index (χ1n) is 5.23. The second-order valence-electron chi connectivity index (χ2n) is 3.98. The molecule has 0 unspecified atom stereocenters. The van der Waals surface area contributed by atoms with Crippen LogP contribution in [-0.4, -0.2) is 25.7 Å². The molecular weight excluding hydrogens is 183 g/mol. The van der Waals surface area contributed by atoms with E-state index in [1.54, 1.807) is 0 Å². The van der Waals surface area contributed by atoms with Crippen LogP contribution in [-0.2, 0) is 9.47 Å².